The standard InChI is InChI=1S/C67H108O12/c1-4-7-10-13-16-19-22-25-27-29-30-32-34-37-40-43-46-49-52-55-61(70)78-65-63(72)62(71)64(66(73)74)79-67(65)76-57-58(77-60(69)54-51-48-45-42-39-35-24-21-18-15-12-9-6-3)56-75-59(68)53-50-47-44-41-38-36-33-31-28-26-23-20-17-14-11-8-5-2/h8,11-12,15-17,19-21,24-28,30,32-33,36,58,62-65,67,71-72H,4-7,9-10,13-14,18,22-23,29,31,34-35,37-57H2,1-3H3,(H,73,74)/b11-8-,15-12-,19-16-,20-17-,24-21-,27-25-,28-26-,32-30-,36-33-. The molecule has 12 nitrogen and oxygen atoms in total. The van der Waals surface area contributed by atoms with E-state index in [-0.39, 0.29) is 25.9 Å². The molecule has 1 heterocycles. The number of carboxylic acids is 1. The molecule has 12 heteroatoms. The second kappa shape index (κ2) is 54.0. The van der Waals surface area contributed by atoms with Gasteiger partial charge < -0.3 is 39.0 Å². The molecule has 0 radical (unpaired) electrons. The van der Waals surface area contributed by atoms with Gasteiger partial charge in [0.05, 0.1) is 6.61 Å². The summed E-state index contributed by atoms with van der Waals surface area (Å²) >= 11 is 0. The van der Waals surface area contributed by atoms with Crippen molar-refractivity contribution >= 4 is 23.9 Å². The number of carbonyl (C=O) groups excluding carboxylic acids is 3. The molecule has 1 aliphatic heterocycles. The van der Waals surface area contributed by atoms with Crippen LogP contribution >= 0.6 is 0 Å². The SMILES string of the molecule is CC/C=C\C/C=C\C/C=C\C/C=C\CCCCCCC(=O)OCC(COC1OC(C(=O)O)C(O)C(O)C1OC(=O)CCCCCCCC/C=C\C/C=C\C/C=C\CCCCC)OC(=O)CCCCCCC/C=C\C/C=C\CCC. The quantitative estimate of drug-likeness (QED) is 0.0228. The highest BCUT2D eigenvalue weighted by atomic mass is 16.7. The van der Waals surface area contributed by atoms with E-state index in [2.05, 4.69) is 130 Å². The minimum atomic E-state index is -1.92. The summed E-state index contributed by atoms with van der Waals surface area (Å²) in [6, 6.07) is 0. The van der Waals surface area contributed by atoms with Crippen molar-refractivity contribution < 1.29 is 58.2 Å². The fraction of sp³-hybridized carbons (Fsp3) is 0.672. The van der Waals surface area contributed by atoms with E-state index < -0.39 is 67.3 Å². The van der Waals surface area contributed by atoms with Crippen molar-refractivity contribution in [2.45, 2.75) is 276 Å². The second-order valence-electron chi connectivity index (χ2n) is 20.6. The van der Waals surface area contributed by atoms with Crippen LogP contribution in [0.5, 0.6) is 0 Å². The van der Waals surface area contributed by atoms with E-state index in [1.54, 1.807) is 0 Å². The molecule has 0 aliphatic carbocycles. The fourth-order valence-corrected chi connectivity index (χ4v) is 8.58. The lowest BCUT2D eigenvalue weighted by Gasteiger charge is -2.40. The zero-order chi connectivity index (χ0) is 57.5. The maximum Gasteiger partial charge on any atom is 0.335 e. The first-order chi connectivity index (χ1) is 38.6. The van der Waals surface area contributed by atoms with E-state index in [0.29, 0.717) is 19.3 Å². The van der Waals surface area contributed by atoms with Gasteiger partial charge in [-0.15, -0.1) is 0 Å². The molecule has 1 fully saturated rings. The number of unbranched alkanes of at least 4 members (excludes halogenated alkanes) is 19. The Labute approximate surface area is 478 Å². The highest BCUT2D eigenvalue weighted by molar-refractivity contribution is 5.74. The first-order valence-corrected chi connectivity index (χ1v) is 30.9. The smallest absolute Gasteiger partial charge is 0.335 e. The maximum absolute atomic E-state index is 13.1. The van der Waals surface area contributed by atoms with E-state index in [9.17, 15) is 34.5 Å². The Morgan fingerprint density at radius 2 is 0.823 bits per heavy atom. The first kappa shape index (κ1) is 72.4. The number of ether oxygens (including phenoxy) is 5. The lowest BCUT2D eigenvalue weighted by molar-refractivity contribution is -0.301. The van der Waals surface area contributed by atoms with E-state index in [0.717, 1.165) is 161 Å². The van der Waals surface area contributed by atoms with Gasteiger partial charge in [0.1, 0.15) is 18.8 Å². The number of rotatable bonds is 51. The monoisotopic (exact) mass is 1100 g/mol. The molecule has 6 unspecified atom stereocenters. The molecule has 0 amide bonds. The molecule has 448 valence electrons. The van der Waals surface area contributed by atoms with Crippen LogP contribution in [0.25, 0.3) is 0 Å². The van der Waals surface area contributed by atoms with Crippen LogP contribution in [0.1, 0.15) is 239 Å². The molecule has 0 bridgehead atoms. The zero-order valence-electron chi connectivity index (χ0n) is 49.3. The van der Waals surface area contributed by atoms with Crippen molar-refractivity contribution in [3.8, 4) is 0 Å². The van der Waals surface area contributed by atoms with Crippen LogP contribution in [0.4, 0.5) is 0 Å². The van der Waals surface area contributed by atoms with Gasteiger partial charge in [0, 0.05) is 19.3 Å². The van der Waals surface area contributed by atoms with Crippen molar-refractivity contribution in [3.63, 3.8) is 0 Å². The zero-order valence-corrected chi connectivity index (χ0v) is 49.3. The minimum absolute atomic E-state index is 0.0365. The number of aliphatic hydroxyl groups excluding tert-OH is 2. The van der Waals surface area contributed by atoms with E-state index in [1.807, 2.05) is 0 Å². The van der Waals surface area contributed by atoms with Crippen molar-refractivity contribution in [2.75, 3.05) is 13.2 Å². The first-order valence-electron chi connectivity index (χ1n) is 30.9. The van der Waals surface area contributed by atoms with Gasteiger partial charge in [0.2, 0.25) is 0 Å². The Kier molecular flexibility index (Phi) is 49.5. The number of allylic oxidation sites excluding steroid dienone is 18. The molecule has 0 aromatic carbocycles. The lowest BCUT2D eigenvalue weighted by Crippen LogP contribution is -2.61. The summed E-state index contributed by atoms with van der Waals surface area (Å²) in [4.78, 5) is 51.2. The highest BCUT2D eigenvalue weighted by Crippen LogP contribution is 2.26. The van der Waals surface area contributed by atoms with Gasteiger partial charge in [-0.05, 0) is 122 Å². The van der Waals surface area contributed by atoms with Gasteiger partial charge in [-0.3, -0.25) is 14.4 Å². The number of hydrogen-bond acceptors (Lipinski definition) is 11. The van der Waals surface area contributed by atoms with Gasteiger partial charge >= 0.3 is 23.9 Å². The van der Waals surface area contributed by atoms with Crippen molar-refractivity contribution in [2.24, 2.45) is 0 Å². The topological polar surface area (TPSA) is 175 Å². The van der Waals surface area contributed by atoms with Crippen molar-refractivity contribution in [3.05, 3.63) is 109 Å². The van der Waals surface area contributed by atoms with Crippen molar-refractivity contribution in [1.29, 1.82) is 0 Å². The number of aliphatic hydroxyl groups is 2. The van der Waals surface area contributed by atoms with Gasteiger partial charge in [-0.2, -0.15) is 0 Å². The number of hydrogen-bond donors (Lipinski definition) is 3. The van der Waals surface area contributed by atoms with E-state index >= 15 is 0 Å². The number of esters is 3. The largest absolute Gasteiger partial charge is 0.479 e. The van der Waals surface area contributed by atoms with Crippen LogP contribution in [0.2, 0.25) is 0 Å². The summed E-state index contributed by atoms with van der Waals surface area (Å²) in [6.45, 7) is 5.75. The molecule has 0 spiro atoms. The van der Waals surface area contributed by atoms with Gasteiger partial charge in [0.25, 0.3) is 0 Å². The summed E-state index contributed by atoms with van der Waals surface area (Å²) in [5.41, 5.74) is 0. The summed E-state index contributed by atoms with van der Waals surface area (Å²) in [6.07, 6.45) is 60.4. The molecule has 0 aromatic rings. The highest BCUT2D eigenvalue weighted by Gasteiger charge is 2.50. The number of carboxylic acid groups (broad SMARTS) is 1. The number of carbonyl (C=O) groups is 4. The van der Waals surface area contributed by atoms with Gasteiger partial charge in [-0.25, -0.2) is 4.79 Å². The summed E-state index contributed by atoms with van der Waals surface area (Å²) in [5.74, 6) is -3.20. The summed E-state index contributed by atoms with van der Waals surface area (Å²) in [5, 5.41) is 31.5. The third-order valence-electron chi connectivity index (χ3n) is 13.3. The van der Waals surface area contributed by atoms with Crippen LogP contribution in [0.15, 0.2) is 109 Å². The molecule has 6 atom stereocenters. The Bertz CT molecular complexity index is 1790. The average molecular weight is 1110 g/mol. The van der Waals surface area contributed by atoms with Crippen LogP contribution in [-0.4, -0.2) is 89.2 Å². The Morgan fingerprint density at radius 3 is 1.27 bits per heavy atom. The molecule has 0 aromatic heterocycles. The Morgan fingerprint density at radius 1 is 0.430 bits per heavy atom. The van der Waals surface area contributed by atoms with Crippen LogP contribution in [0, 0.1) is 0 Å². The normalized spacial score (nSPS) is 18.6. The minimum Gasteiger partial charge on any atom is -0.479 e. The maximum atomic E-state index is 13.1. The lowest BCUT2D eigenvalue weighted by atomic mass is 9.98. The molecule has 1 saturated heterocycles. The Balaban J connectivity index is 2.70. The molecule has 79 heavy (non-hydrogen) atoms. The molecule has 0 saturated carbocycles. The molecular formula is C67H108O12. The molecule has 3 N–H and O–H groups in total. The second-order valence-corrected chi connectivity index (χ2v) is 20.6. The summed E-state index contributed by atoms with van der Waals surface area (Å²) in [7, 11) is 0. The van der Waals surface area contributed by atoms with Gasteiger partial charge in [0.15, 0.2) is 24.6 Å². The van der Waals surface area contributed by atoms with E-state index in [4.69, 9.17) is 23.7 Å². The van der Waals surface area contributed by atoms with Crippen LogP contribution < -0.4 is 0 Å². The molecule has 1 rings (SSSR count). The van der Waals surface area contributed by atoms with Crippen molar-refractivity contribution in [1.82, 2.24) is 0 Å². The van der Waals surface area contributed by atoms with Gasteiger partial charge in [-0.1, -0.05) is 207 Å². The van der Waals surface area contributed by atoms with E-state index in [1.165, 1.54) is 19.3 Å². The fourth-order valence-electron chi connectivity index (χ4n) is 8.58. The van der Waals surface area contributed by atoms with Crippen LogP contribution in [-0.2, 0) is 42.9 Å². The predicted octanol–water partition coefficient (Wildman–Crippen LogP) is 16.2. The van der Waals surface area contributed by atoms with Crippen LogP contribution in [0.3, 0.4) is 0 Å². The average Bonchev–Trinajstić information content (AvgIpc) is 3.47. The Hall–Kier alpha value is -4.62. The number of aliphatic carboxylic acids is 1. The molecule has 1 aliphatic rings. The third kappa shape index (κ3) is 43.8. The predicted molar refractivity (Wildman–Crippen MR) is 321 cm³/mol. The molecular weight excluding hydrogens is 997 g/mol. The summed E-state index contributed by atoms with van der Waals surface area (Å²) < 4.78 is 28.4. The third-order valence-corrected chi connectivity index (χ3v) is 13.3.